The molecule has 0 saturated carbocycles. The van der Waals surface area contributed by atoms with Gasteiger partial charge >= 0.3 is 0 Å². The second-order valence-corrected chi connectivity index (χ2v) is 7.39. The number of fused-ring (bicyclic) bond motifs is 1. The highest BCUT2D eigenvalue weighted by atomic mass is 35.5. The van der Waals surface area contributed by atoms with Crippen molar-refractivity contribution in [1.82, 2.24) is 4.57 Å². The van der Waals surface area contributed by atoms with Crippen molar-refractivity contribution in [1.29, 1.82) is 0 Å². The van der Waals surface area contributed by atoms with E-state index < -0.39 is 0 Å². The molecule has 1 aliphatic carbocycles. The molecule has 0 radical (unpaired) electrons. The summed E-state index contributed by atoms with van der Waals surface area (Å²) >= 11 is 6.35. The van der Waals surface area contributed by atoms with Gasteiger partial charge in [0.15, 0.2) is 11.2 Å². The van der Waals surface area contributed by atoms with Gasteiger partial charge in [-0.15, -0.1) is 0 Å². The molecule has 1 aromatic heterocycles. The van der Waals surface area contributed by atoms with Gasteiger partial charge in [-0.05, 0) is 36.5 Å². The largest absolute Gasteiger partial charge is 0.385 e. The minimum Gasteiger partial charge on any atom is -0.385 e. The van der Waals surface area contributed by atoms with Crippen molar-refractivity contribution in [2.75, 3.05) is 5.73 Å². The lowest BCUT2D eigenvalue weighted by molar-refractivity contribution is 0.0908. The number of nitrogens with two attached hydrogens (primary N) is 1. The molecule has 23 heavy (non-hydrogen) atoms. The lowest BCUT2D eigenvalue weighted by Crippen LogP contribution is -2.35. The second kappa shape index (κ2) is 5.24. The molecule has 3 rings (SSSR count). The Balaban J connectivity index is 2.39. The number of halogens is 1. The molecule has 120 valence electrons. The summed E-state index contributed by atoms with van der Waals surface area (Å²) in [4.78, 5) is 24.8. The molecule has 0 aliphatic heterocycles. The zero-order chi connectivity index (χ0) is 16.9. The van der Waals surface area contributed by atoms with Crippen molar-refractivity contribution >= 4 is 23.2 Å². The van der Waals surface area contributed by atoms with Crippen LogP contribution in [0, 0.1) is 12.3 Å². The van der Waals surface area contributed by atoms with Gasteiger partial charge in [0.05, 0.1) is 16.3 Å². The summed E-state index contributed by atoms with van der Waals surface area (Å²) in [5, 5.41) is 0.531. The Morgan fingerprint density at radius 2 is 1.87 bits per heavy atom. The first-order valence-electron chi connectivity index (χ1n) is 7.54. The smallest absolute Gasteiger partial charge is 0.194 e. The van der Waals surface area contributed by atoms with Crippen LogP contribution in [0.2, 0.25) is 5.02 Å². The third kappa shape index (κ3) is 2.68. The van der Waals surface area contributed by atoms with E-state index in [0.717, 1.165) is 5.56 Å². The van der Waals surface area contributed by atoms with Crippen molar-refractivity contribution in [3.8, 4) is 5.69 Å². The van der Waals surface area contributed by atoms with Gasteiger partial charge in [-0.25, -0.2) is 0 Å². The number of rotatable bonds is 1. The number of benzene rings is 1. The highest BCUT2D eigenvalue weighted by molar-refractivity contribution is 6.32. The van der Waals surface area contributed by atoms with Gasteiger partial charge in [0, 0.05) is 18.2 Å². The molecule has 0 atom stereocenters. The Kier molecular flexibility index (Phi) is 3.60. The second-order valence-electron chi connectivity index (χ2n) is 6.99. The Morgan fingerprint density at radius 1 is 1.17 bits per heavy atom. The molecular formula is C18H19ClN2O2. The van der Waals surface area contributed by atoms with E-state index in [-0.39, 0.29) is 22.2 Å². The predicted molar refractivity (Wildman–Crippen MR) is 92.6 cm³/mol. The zero-order valence-electron chi connectivity index (χ0n) is 13.4. The van der Waals surface area contributed by atoms with E-state index in [1.54, 1.807) is 10.6 Å². The molecule has 1 aromatic carbocycles. The number of Topliss-reactive ketones (excluding diaryl/α,β-unsaturated/α-hetero) is 1. The first-order valence-corrected chi connectivity index (χ1v) is 7.91. The topological polar surface area (TPSA) is 65.1 Å². The Labute approximate surface area is 139 Å². The molecule has 0 bridgehead atoms. The molecule has 0 fully saturated rings. The van der Waals surface area contributed by atoms with Crippen molar-refractivity contribution in [3.05, 3.63) is 56.3 Å². The maximum Gasteiger partial charge on any atom is 0.194 e. The van der Waals surface area contributed by atoms with Crippen LogP contribution < -0.4 is 11.2 Å². The molecule has 1 heterocycles. The summed E-state index contributed by atoms with van der Waals surface area (Å²) < 4.78 is 1.75. The first kappa shape index (κ1) is 15.8. The quantitative estimate of drug-likeness (QED) is 0.869. The number of carbonyl (C=O) groups is 1. The minimum atomic E-state index is -0.307. The van der Waals surface area contributed by atoms with E-state index >= 15 is 0 Å². The van der Waals surface area contributed by atoms with E-state index in [4.69, 9.17) is 17.3 Å². The first-order chi connectivity index (χ1) is 10.7. The summed E-state index contributed by atoms with van der Waals surface area (Å²) in [6, 6.07) is 6.93. The summed E-state index contributed by atoms with van der Waals surface area (Å²) in [7, 11) is 0. The van der Waals surface area contributed by atoms with E-state index in [0.29, 0.717) is 35.1 Å². The summed E-state index contributed by atoms with van der Waals surface area (Å²) in [5.74, 6) is 0.172. The standard InChI is InChI=1S/C18H19ClN2O2/c1-10-4-5-11(19)12(6-10)21-13-8-18(2,3)9-15(23)17(13)14(22)7-16(21)20/h4-7H,8-9,20H2,1-3H3. The Hall–Kier alpha value is -2.07. The summed E-state index contributed by atoms with van der Waals surface area (Å²) in [6.07, 6.45) is 0.958. The molecule has 2 aromatic rings. The van der Waals surface area contributed by atoms with E-state index in [2.05, 4.69) is 0 Å². The molecule has 0 saturated heterocycles. The van der Waals surface area contributed by atoms with E-state index in [9.17, 15) is 9.59 Å². The van der Waals surface area contributed by atoms with Crippen molar-refractivity contribution < 1.29 is 4.79 Å². The number of aryl methyl sites for hydroxylation is 1. The molecule has 4 nitrogen and oxygen atoms in total. The van der Waals surface area contributed by atoms with Crippen LogP contribution in [0.1, 0.15) is 41.9 Å². The van der Waals surface area contributed by atoms with Gasteiger partial charge in [0.25, 0.3) is 0 Å². The van der Waals surface area contributed by atoms with Gasteiger partial charge in [-0.1, -0.05) is 31.5 Å². The average Bonchev–Trinajstić information content (AvgIpc) is 2.40. The fourth-order valence-corrected chi connectivity index (χ4v) is 3.47. The number of pyridine rings is 1. The summed E-state index contributed by atoms with van der Waals surface area (Å²) in [6.45, 7) is 5.99. The van der Waals surface area contributed by atoms with E-state index in [1.807, 2.05) is 32.9 Å². The van der Waals surface area contributed by atoms with Gasteiger partial charge in [-0.2, -0.15) is 0 Å². The van der Waals surface area contributed by atoms with Crippen LogP contribution in [-0.4, -0.2) is 10.4 Å². The molecule has 2 N–H and O–H groups in total. The third-order valence-electron chi connectivity index (χ3n) is 4.25. The van der Waals surface area contributed by atoms with Crippen LogP contribution in [0.3, 0.4) is 0 Å². The van der Waals surface area contributed by atoms with Crippen LogP contribution in [0.5, 0.6) is 0 Å². The normalized spacial score (nSPS) is 16.3. The number of nitrogens with zero attached hydrogens (tertiary/aromatic N) is 1. The molecule has 1 aliphatic rings. The lowest BCUT2D eigenvalue weighted by atomic mass is 9.75. The SMILES string of the molecule is Cc1ccc(Cl)c(-n2c(N)cc(=O)c3c2CC(C)(C)CC3=O)c1. The summed E-state index contributed by atoms with van der Waals surface area (Å²) in [5.41, 5.74) is 8.22. The van der Waals surface area contributed by atoms with Crippen molar-refractivity contribution in [2.24, 2.45) is 5.41 Å². The number of anilines is 1. The number of ketones is 1. The van der Waals surface area contributed by atoms with Gasteiger partial charge < -0.3 is 5.73 Å². The maximum atomic E-state index is 12.5. The Morgan fingerprint density at radius 3 is 2.57 bits per heavy atom. The van der Waals surface area contributed by atoms with Crippen molar-refractivity contribution in [2.45, 2.75) is 33.6 Å². The van der Waals surface area contributed by atoms with Gasteiger partial charge in [0.2, 0.25) is 0 Å². The molecule has 5 heteroatoms. The van der Waals surface area contributed by atoms with Crippen LogP contribution in [0.25, 0.3) is 5.69 Å². The Bertz CT molecular complexity index is 881. The lowest BCUT2D eigenvalue weighted by Gasteiger charge is -2.32. The van der Waals surface area contributed by atoms with Crippen LogP contribution >= 0.6 is 11.6 Å². The van der Waals surface area contributed by atoms with Crippen molar-refractivity contribution in [3.63, 3.8) is 0 Å². The fourth-order valence-electron chi connectivity index (χ4n) is 3.26. The molecule has 0 amide bonds. The number of carbonyl (C=O) groups excluding carboxylic acids is 1. The number of aromatic nitrogens is 1. The van der Waals surface area contributed by atoms with Gasteiger partial charge in [-0.3, -0.25) is 14.2 Å². The molecule has 0 spiro atoms. The predicted octanol–water partition coefficient (Wildman–Crippen LogP) is 3.54. The average molecular weight is 331 g/mol. The van der Waals surface area contributed by atoms with Gasteiger partial charge in [0.1, 0.15) is 5.82 Å². The minimum absolute atomic E-state index is 0.126. The highest BCUT2D eigenvalue weighted by Crippen LogP contribution is 2.36. The number of hydrogen-bond acceptors (Lipinski definition) is 3. The zero-order valence-corrected chi connectivity index (χ0v) is 14.2. The maximum absolute atomic E-state index is 12.5. The van der Waals surface area contributed by atoms with Crippen LogP contribution in [0.4, 0.5) is 5.82 Å². The highest BCUT2D eigenvalue weighted by Gasteiger charge is 2.35. The number of hydrogen-bond donors (Lipinski definition) is 1. The van der Waals surface area contributed by atoms with E-state index in [1.165, 1.54) is 6.07 Å². The number of nitrogen functional groups attached to an aromatic ring is 1. The monoisotopic (exact) mass is 330 g/mol. The molecular weight excluding hydrogens is 312 g/mol. The third-order valence-corrected chi connectivity index (χ3v) is 4.57. The van der Waals surface area contributed by atoms with Crippen LogP contribution in [-0.2, 0) is 6.42 Å². The fraction of sp³-hybridized carbons (Fsp3) is 0.333. The molecule has 0 unspecified atom stereocenters. The van der Waals surface area contributed by atoms with Crippen LogP contribution in [0.15, 0.2) is 29.1 Å².